The highest BCUT2D eigenvalue weighted by molar-refractivity contribution is 7.15. The molecule has 4 aromatic rings. The molecule has 190 valence electrons. The number of likely N-dealkylation sites (tertiary alicyclic amines) is 1. The molecule has 1 aliphatic rings. The van der Waals surface area contributed by atoms with Crippen molar-refractivity contribution in [1.82, 2.24) is 24.3 Å². The number of amides is 1. The molecule has 2 atom stereocenters. The molecule has 4 N–H and O–H groups in total. The van der Waals surface area contributed by atoms with Gasteiger partial charge in [0.2, 0.25) is 0 Å². The minimum absolute atomic E-state index is 0.121. The van der Waals surface area contributed by atoms with Gasteiger partial charge in [0, 0.05) is 41.1 Å². The Morgan fingerprint density at radius 2 is 2.11 bits per heavy atom. The van der Waals surface area contributed by atoms with Crippen LogP contribution in [0.3, 0.4) is 0 Å². The van der Waals surface area contributed by atoms with Gasteiger partial charge in [0.1, 0.15) is 22.9 Å². The maximum atomic E-state index is 12.8. The molecule has 1 aliphatic heterocycles. The van der Waals surface area contributed by atoms with E-state index >= 15 is 0 Å². The lowest BCUT2D eigenvalue weighted by Gasteiger charge is -2.36. The summed E-state index contributed by atoms with van der Waals surface area (Å²) in [5, 5.41) is 14.1. The van der Waals surface area contributed by atoms with E-state index in [0.29, 0.717) is 27.7 Å². The number of carbonyl (C=O) groups is 1. The van der Waals surface area contributed by atoms with Crippen molar-refractivity contribution in [2.45, 2.75) is 51.8 Å². The number of aliphatic hydroxyl groups is 1. The fourth-order valence-corrected chi connectivity index (χ4v) is 5.48. The lowest BCUT2D eigenvalue weighted by Crippen LogP contribution is -2.41. The molecule has 1 aromatic carbocycles. The standard InChI is InChI=1S/C27H29N7O2S/c1-3-7-21(35)33-14-6-5-8-20(33)25-31-22(23-24(28)29-13-15-34(23)25)17-9-11-18(12-10-17)26(36)32-27-30-16-19(4-2)37-27/h9-13,15-16,20-21,35H,4-6,8,14H2,1-2H3,(H2,28,29)(H,30,32,36). The molecular weight excluding hydrogens is 486 g/mol. The smallest absolute Gasteiger partial charge is 0.257 e. The third kappa shape index (κ3) is 4.93. The summed E-state index contributed by atoms with van der Waals surface area (Å²) in [6.45, 7) is 4.51. The molecule has 5 rings (SSSR count). The predicted molar refractivity (Wildman–Crippen MR) is 145 cm³/mol. The number of nitrogen functional groups attached to an aromatic ring is 1. The summed E-state index contributed by atoms with van der Waals surface area (Å²) in [6.07, 6.45) is 8.16. The Morgan fingerprint density at radius 3 is 2.84 bits per heavy atom. The van der Waals surface area contributed by atoms with Gasteiger partial charge in [0.25, 0.3) is 5.91 Å². The second-order valence-electron chi connectivity index (χ2n) is 8.88. The SMILES string of the molecule is CC#CC(O)N1CCCCC1c1nc(-c2ccc(C(=O)Nc3ncc(CC)s3)cc2)c2c(N)nccn12. The first kappa shape index (κ1) is 24.9. The van der Waals surface area contributed by atoms with Crippen LogP contribution in [0, 0.1) is 11.8 Å². The number of aromatic nitrogens is 4. The first-order valence-electron chi connectivity index (χ1n) is 12.3. The van der Waals surface area contributed by atoms with Crippen molar-refractivity contribution in [3.8, 4) is 23.1 Å². The van der Waals surface area contributed by atoms with E-state index in [1.165, 1.54) is 11.3 Å². The van der Waals surface area contributed by atoms with Gasteiger partial charge in [-0.15, -0.1) is 17.3 Å². The van der Waals surface area contributed by atoms with Crippen LogP contribution in [-0.4, -0.2) is 48.0 Å². The lowest BCUT2D eigenvalue weighted by molar-refractivity contribution is -0.00690. The Hall–Kier alpha value is -3.78. The molecule has 0 radical (unpaired) electrons. The Balaban J connectivity index is 1.49. The summed E-state index contributed by atoms with van der Waals surface area (Å²) in [6, 6.07) is 7.14. The van der Waals surface area contributed by atoms with Gasteiger partial charge in [0.15, 0.2) is 11.4 Å². The lowest BCUT2D eigenvalue weighted by atomic mass is 10.0. The van der Waals surface area contributed by atoms with Gasteiger partial charge in [-0.2, -0.15) is 0 Å². The van der Waals surface area contributed by atoms with Crippen LogP contribution in [0.1, 0.15) is 60.2 Å². The maximum absolute atomic E-state index is 12.8. The molecule has 1 fully saturated rings. The van der Waals surface area contributed by atoms with E-state index in [1.54, 1.807) is 31.5 Å². The van der Waals surface area contributed by atoms with Gasteiger partial charge in [-0.3, -0.25) is 19.4 Å². The fraction of sp³-hybridized carbons (Fsp3) is 0.333. The van der Waals surface area contributed by atoms with E-state index < -0.39 is 6.23 Å². The quantitative estimate of drug-likeness (QED) is 0.330. The van der Waals surface area contributed by atoms with Crippen LogP contribution >= 0.6 is 11.3 Å². The third-order valence-corrected chi connectivity index (χ3v) is 7.64. The molecule has 37 heavy (non-hydrogen) atoms. The average molecular weight is 516 g/mol. The minimum Gasteiger partial charge on any atom is -0.382 e. The number of hydrogen-bond donors (Lipinski definition) is 3. The molecule has 9 nitrogen and oxygen atoms in total. The van der Waals surface area contributed by atoms with Gasteiger partial charge in [-0.25, -0.2) is 15.0 Å². The molecule has 4 heterocycles. The van der Waals surface area contributed by atoms with E-state index in [0.717, 1.165) is 48.5 Å². The summed E-state index contributed by atoms with van der Waals surface area (Å²) in [5.41, 5.74) is 9.05. The van der Waals surface area contributed by atoms with Crippen molar-refractivity contribution in [3.05, 3.63) is 59.1 Å². The molecule has 0 bridgehead atoms. The second-order valence-corrected chi connectivity index (χ2v) is 10.00. The molecule has 0 spiro atoms. The molecule has 10 heteroatoms. The molecule has 3 aromatic heterocycles. The largest absolute Gasteiger partial charge is 0.382 e. The number of nitrogens with one attached hydrogen (secondary N) is 1. The first-order chi connectivity index (χ1) is 18.0. The summed E-state index contributed by atoms with van der Waals surface area (Å²) in [4.78, 5) is 29.4. The first-order valence-corrected chi connectivity index (χ1v) is 13.2. The predicted octanol–water partition coefficient (Wildman–Crippen LogP) is 4.12. The molecule has 2 unspecified atom stereocenters. The molecular formula is C27H29N7O2S. The zero-order chi connectivity index (χ0) is 25.9. The Labute approximate surface area is 219 Å². The summed E-state index contributed by atoms with van der Waals surface area (Å²) < 4.78 is 1.96. The number of piperidine rings is 1. The number of anilines is 2. The van der Waals surface area contributed by atoms with Crippen molar-refractivity contribution in [2.75, 3.05) is 17.6 Å². The Bertz CT molecular complexity index is 1480. The van der Waals surface area contributed by atoms with Gasteiger partial charge >= 0.3 is 0 Å². The monoisotopic (exact) mass is 515 g/mol. The number of benzene rings is 1. The number of rotatable bonds is 6. The fourth-order valence-electron chi connectivity index (χ4n) is 4.74. The summed E-state index contributed by atoms with van der Waals surface area (Å²) in [5.74, 6) is 6.61. The Morgan fingerprint density at radius 1 is 1.30 bits per heavy atom. The number of aryl methyl sites for hydroxylation is 1. The van der Waals surface area contributed by atoms with Crippen molar-refractivity contribution >= 4 is 33.7 Å². The van der Waals surface area contributed by atoms with Crippen molar-refractivity contribution < 1.29 is 9.90 Å². The number of nitrogens with zero attached hydrogens (tertiary/aromatic N) is 5. The molecule has 0 saturated carbocycles. The van der Waals surface area contributed by atoms with Gasteiger partial charge < -0.3 is 10.8 Å². The highest BCUT2D eigenvalue weighted by atomic mass is 32.1. The van der Waals surface area contributed by atoms with Crippen LogP contribution in [0.25, 0.3) is 16.8 Å². The van der Waals surface area contributed by atoms with E-state index in [1.807, 2.05) is 27.6 Å². The van der Waals surface area contributed by atoms with Crippen LogP contribution < -0.4 is 11.1 Å². The van der Waals surface area contributed by atoms with Gasteiger partial charge in [-0.05, 0) is 38.3 Å². The number of carbonyl (C=O) groups excluding carboxylic acids is 1. The van der Waals surface area contributed by atoms with Gasteiger partial charge in [-0.1, -0.05) is 31.4 Å². The normalized spacial score (nSPS) is 16.8. The zero-order valence-corrected chi connectivity index (χ0v) is 21.6. The van der Waals surface area contributed by atoms with Crippen LogP contribution in [0.5, 0.6) is 0 Å². The molecule has 1 amide bonds. The minimum atomic E-state index is -0.866. The van der Waals surface area contributed by atoms with E-state index in [2.05, 4.69) is 34.0 Å². The Kier molecular flexibility index (Phi) is 7.19. The number of nitrogens with two attached hydrogens (primary N) is 1. The summed E-state index contributed by atoms with van der Waals surface area (Å²) >= 11 is 1.47. The highest BCUT2D eigenvalue weighted by Crippen LogP contribution is 2.36. The van der Waals surface area contributed by atoms with Gasteiger partial charge in [0.05, 0.1) is 6.04 Å². The summed E-state index contributed by atoms with van der Waals surface area (Å²) in [7, 11) is 0. The molecule has 0 aliphatic carbocycles. The third-order valence-electron chi connectivity index (χ3n) is 6.58. The van der Waals surface area contributed by atoms with Crippen molar-refractivity contribution in [3.63, 3.8) is 0 Å². The van der Waals surface area contributed by atoms with E-state index in [4.69, 9.17) is 10.7 Å². The average Bonchev–Trinajstić information content (AvgIpc) is 3.54. The maximum Gasteiger partial charge on any atom is 0.257 e. The zero-order valence-electron chi connectivity index (χ0n) is 20.8. The number of imidazole rings is 1. The number of thiazole rings is 1. The topological polar surface area (TPSA) is 122 Å². The van der Waals surface area contributed by atoms with E-state index in [-0.39, 0.29) is 11.9 Å². The highest BCUT2D eigenvalue weighted by Gasteiger charge is 2.32. The number of fused-ring (bicyclic) bond motifs is 1. The second kappa shape index (κ2) is 10.7. The van der Waals surface area contributed by atoms with Crippen LogP contribution in [-0.2, 0) is 6.42 Å². The number of aliphatic hydroxyl groups excluding tert-OH is 1. The van der Waals surface area contributed by atoms with Crippen LogP contribution in [0.4, 0.5) is 10.9 Å². The van der Waals surface area contributed by atoms with E-state index in [9.17, 15) is 9.90 Å². The number of hydrogen-bond acceptors (Lipinski definition) is 8. The molecule has 1 saturated heterocycles. The van der Waals surface area contributed by atoms with Crippen molar-refractivity contribution in [1.29, 1.82) is 0 Å². The van der Waals surface area contributed by atoms with Crippen LogP contribution in [0.2, 0.25) is 0 Å². The van der Waals surface area contributed by atoms with Crippen molar-refractivity contribution in [2.24, 2.45) is 0 Å². The van der Waals surface area contributed by atoms with Crippen LogP contribution in [0.15, 0.2) is 42.9 Å².